The van der Waals surface area contributed by atoms with Gasteiger partial charge in [0.25, 0.3) is 6.30 Å². The molecule has 1 N–H and O–H groups in total. The fraction of sp³-hybridized carbons (Fsp3) is 0.833. The Balaban J connectivity index is 0.00000121. The number of alkyl halides is 1. The number of rotatable bonds is 3. The monoisotopic (exact) mass is 179 g/mol. The van der Waals surface area contributed by atoms with Crippen molar-refractivity contribution in [1.82, 2.24) is 5.12 Å². The van der Waals surface area contributed by atoms with Crippen LogP contribution in [0.5, 0.6) is 0 Å². The van der Waals surface area contributed by atoms with E-state index in [0.29, 0.717) is 12.8 Å². The van der Waals surface area contributed by atoms with Crippen LogP contribution in [0.3, 0.4) is 0 Å². The van der Waals surface area contributed by atoms with Gasteiger partial charge in [0.1, 0.15) is 0 Å². The zero-order valence-corrected chi connectivity index (χ0v) is 5.83. The third kappa shape index (κ3) is 2.17. The second-order valence-electron chi connectivity index (χ2n) is 2.60. The molecule has 1 atom stereocenters. The zero-order valence-electron chi connectivity index (χ0n) is 5.83. The van der Waals surface area contributed by atoms with E-state index in [9.17, 15) is 13.7 Å². The summed E-state index contributed by atoms with van der Waals surface area (Å²) in [5.41, 5.74) is 0. The third-order valence-electron chi connectivity index (χ3n) is 1.84. The van der Waals surface area contributed by atoms with E-state index >= 15 is 0 Å². The summed E-state index contributed by atoms with van der Waals surface area (Å²) < 4.78 is 24.9. The van der Waals surface area contributed by atoms with E-state index in [1.165, 1.54) is 0 Å². The van der Waals surface area contributed by atoms with Gasteiger partial charge in [-0.3, -0.25) is 0 Å². The quantitative estimate of drug-likeness (QED) is 0.374. The number of carbonyl (C=O) groups is 1. The smallest absolute Gasteiger partial charge is 0.356 e. The van der Waals surface area contributed by atoms with Gasteiger partial charge in [-0.2, -0.15) is 0 Å². The minimum atomic E-state index is -2.50. The van der Waals surface area contributed by atoms with Crippen LogP contribution in [0.4, 0.5) is 8.87 Å². The Morgan fingerprint density at radius 1 is 1.58 bits per heavy atom. The van der Waals surface area contributed by atoms with Gasteiger partial charge in [0, 0.05) is 6.04 Å². The van der Waals surface area contributed by atoms with Gasteiger partial charge in [-0.1, -0.05) is 11.5 Å². The van der Waals surface area contributed by atoms with Gasteiger partial charge in [0.15, 0.2) is 0 Å². The first-order chi connectivity index (χ1) is 5.13. The number of hydrogen-bond donors (Lipinski definition) is 1. The summed E-state index contributed by atoms with van der Waals surface area (Å²) in [7, 11) is 0. The molecule has 0 heterocycles. The summed E-state index contributed by atoms with van der Waals surface area (Å²) in [4.78, 5) is 9.93. The van der Waals surface area contributed by atoms with Crippen LogP contribution in [-0.4, -0.2) is 36.9 Å². The molecule has 0 aromatic rings. The molecule has 1 unspecified atom stereocenters. The van der Waals surface area contributed by atoms with E-state index in [0.717, 1.165) is 6.42 Å². The average molecular weight is 179 g/mol. The minimum absolute atomic E-state index is 0. The highest BCUT2D eigenvalue weighted by atomic mass is 19.2. The van der Waals surface area contributed by atoms with E-state index in [2.05, 4.69) is 0 Å². The van der Waals surface area contributed by atoms with Gasteiger partial charge in [0.05, 0.1) is 8.41 Å². The molecule has 0 saturated heterocycles. The maximum absolute atomic E-state index is 12.6. The summed E-state index contributed by atoms with van der Waals surface area (Å²) in [6.45, 7) is 0. The first-order valence-electron chi connectivity index (χ1n) is 3.44. The molecule has 3 nitrogen and oxygen atoms in total. The minimum Gasteiger partial charge on any atom is -0.478 e. The molecule has 0 amide bonds. The number of nitrogens with zero attached hydrogens (tertiary/aromatic N) is 1. The highest BCUT2D eigenvalue weighted by Crippen LogP contribution is 2.26. The van der Waals surface area contributed by atoms with Crippen LogP contribution in [-0.2, 0) is 4.79 Å². The van der Waals surface area contributed by atoms with Crippen molar-refractivity contribution in [3.63, 3.8) is 0 Å². The lowest BCUT2D eigenvalue weighted by atomic mass is 9.93. The normalized spacial score (nSPS) is 19.6. The van der Waals surface area contributed by atoms with Gasteiger partial charge in [-0.25, -0.2) is 9.18 Å². The van der Waals surface area contributed by atoms with Gasteiger partial charge in [0.2, 0.25) is 0 Å². The number of aliphatic carboxylic acids is 1. The van der Waals surface area contributed by atoms with E-state index in [-0.39, 0.29) is 13.5 Å². The Hall–Kier alpha value is -0.645. The van der Waals surface area contributed by atoms with E-state index < -0.39 is 18.3 Å². The number of carboxylic acids is 1. The predicted molar refractivity (Wildman–Crippen MR) is 43.1 cm³/mol. The lowest BCUT2D eigenvalue weighted by Gasteiger charge is -2.30. The lowest BCUT2D eigenvalue weighted by molar-refractivity contribution is -0.178. The summed E-state index contributed by atoms with van der Waals surface area (Å²) in [6, 6.07) is -0.527. The van der Waals surface area contributed by atoms with E-state index in [4.69, 9.17) is 5.11 Å². The number of hydrogen-bond acceptors (Lipinski definition) is 2. The summed E-state index contributed by atoms with van der Waals surface area (Å²) in [5, 5.41) is 7.85. The van der Waals surface area contributed by atoms with Crippen molar-refractivity contribution >= 4 is 14.4 Å². The molecule has 1 rings (SSSR count). The van der Waals surface area contributed by atoms with Crippen molar-refractivity contribution in [3.8, 4) is 0 Å². The maximum atomic E-state index is 12.6. The molecule has 0 spiro atoms. The Labute approximate surface area is 70.9 Å². The summed E-state index contributed by atoms with van der Waals surface area (Å²) >= 11 is 0. The van der Waals surface area contributed by atoms with E-state index in [1.807, 2.05) is 0 Å². The fourth-order valence-electron chi connectivity index (χ4n) is 0.924. The van der Waals surface area contributed by atoms with Crippen LogP contribution in [0.15, 0.2) is 0 Å². The van der Waals surface area contributed by atoms with Crippen molar-refractivity contribution < 1.29 is 18.8 Å². The Bertz CT molecular complexity index is 166. The molecule has 6 heteroatoms. The topological polar surface area (TPSA) is 40.5 Å². The van der Waals surface area contributed by atoms with Gasteiger partial charge < -0.3 is 5.11 Å². The fourth-order valence-corrected chi connectivity index (χ4v) is 0.924. The summed E-state index contributed by atoms with van der Waals surface area (Å²) in [5.74, 6) is -1.76. The van der Waals surface area contributed by atoms with Crippen molar-refractivity contribution in [3.05, 3.63) is 0 Å². The number of halogens is 2. The number of carboxylic acid groups (broad SMARTS) is 1. The second kappa shape index (κ2) is 4.40. The second-order valence-corrected chi connectivity index (χ2v) is 2.60. The Morgan fingerprint density at radius 2 is 2.08 bits per heavy atom. The van der Waals surface area contributed by atoms with Crippen LogP contribution in [0.25, 0.3) is 0 Å². The largest absolute Gasteiger partial charge is 0.478 e. The molecular weight excluding hydrogens is 167 g/mol. The van der Waals surface area contributed by atoms with Gasteiger partial charge in [-0.15, -0.1) is 4.48 Å². The predicted octanol–water partition coefficient (Wildman–Crippen LogP) is -0.0783. The van der Waals surface area contributed by atoms with Crippen LogP contribution < -0.4 is 0 Å². The standard InChI is InChI=1S/C6H9F2NO2.BH3/c7-5(6(10)11)9(8)4-2-1-3-4;/h4-5H,1-3H2,(H,10,11);1H3. The molecule has 0 bridgehead atoms. The van der Waals surface area contributed by atoms with Gasteiger partial charge in [-0.05, 0) is 12.8 Å². The van der Waals surface area contributed by atoms with Crippen LogP contribution in [0.1, 0.15) is 19.3 Å². The molecule has 1 aliphatic rings. The molecule has 70 valence electrons. The van der Waals surface area contributed by atoms with Gasteiger partial charge >= 0.3 is 5.97 Å². The molecule has 12 heavy (non-hydrogen) atoms. The Morgan fingerprint density at radius 3 is 2.33 bits per heavy atom. The van der Waals surface area contributed by atoms with Crippen LogP contribution in [0, 0.1) is 0 Å². The first-order valence-corrected chi connectivity index (χ1v) is 3.44. The van der Waals surface area contributed by atoms with Crippen molar-refractivity contribution in [2.24, 2.45) is 0 Å². The lowest BCUT2D eigenvalue weighted by Crippen LogP contribution is -2.42. The average Bonchev–Trinajstić information content (AvgIpc) is 1.82. The SMILES string of the molecule is B.O=C(O)C(F)N(F)C1CCC1. The maximum Gasteiger partial charge on any atom is 0.356 e. The highest BCUT2D eigenvalue weighted by molar-refractivity contribution is 5.75. The molecular formula is C6H12BF2NO2. The van der Waals surface area contributed by atoms with Crippen molar-refractivity contribution in [1.29, 1.82) is 0 Å². The van der Waals surface area contributed by atoms with Crippen molar-refractivity contribution in [2.75, 3.05) is 0 Å². The Kier molecular flexibility index (Phi) is 4.16. The molecule has 0 aromatic carbocycles. The molecule has 0 radical (unpaired) electrons. The molecule has 1 aliphatic carbocycles. The van der Waals surface area contributed by atoms with E-state index in [1.54, 1.807) is 0 Å². The van der Waals surface area contributed by atoms with Crippen LogP contribution in [0.2, 0.25) is 0 Å². The highest BCUT2D eigenvalue weighted by Gasteiger charge is 2.34. The molecule has 0 aromatic heterocycles. The summed E-state index contributed by atoms with van der Waals surface area (Å²) in [6.07, 6.45) is -0.563. The molecule has 1 saturated carbocycles. The zero-order chi connectivity index (χ0) is 8.43. The molecule has 0 aliphatic heterocycles. The first kappa shape index (κ1) is 11.4. The molecule has 1 fully saturated rings. The third-order valence-corrected chi connectivity index (χ3v) is 1.84. The van der Waals surface area contributed by atoms with Crippen molar-refractivity contribution in [2.45, 2.75) is 31.6 Å². The van der Waals surface area contributed by atoms with Crippen LogP contribution >= 0.6 is 0 Å².